The molecule has 0 amide bonds. The maximum atomic E-state index is 4.43. The zero-order valence-electron chi connectivity index (χ0n) is 6.95. The lowest BCUT2D eigenvalue weighted by Gasteiger charge is -2.33. The Morgan fingerprint density at radius 2 is 2.36 bits per heavy atom. The van der Waals surface area contributed by atoms with E-state index in [9.17, 15) is 0 Å². The van der Waals surface area contributed by atoms with Crippen LogP contribution < -0.4 is 0 Å². The van der Waals surface area contributed by atoms with E-state index < -0.39 is 0 Å². The van der Waals surface area contributed by atoms with Crippen molar-refractivity contribution in [3.63, 3.8) is 0 Å². The molecule has 3 nitrogen and oxygen atoms in total. The molecule has 1 atom stereocenters. The standard InChI is InChI=1S/C7H13N3S/c1-6-8-10-4-3-9(2)5-7(10)11-6/h7H,3-5H2,1-2H3. The first kappa shape index (κ1) is 7.43. The SMILES string of the molecule is CC1=NN2CCN(C)CC2S1. The summed E-state index contributed by atoms with van der Waals surface area (Å²) in [6.07, 6.45) is 0. The molecule has 0 aromatic rings. The zero-order chi connectivity index (χ0) is 7.84. The van der Waals surface area contributed by atoms with Gasteiger partial charge in [-0.15, -0.1) is 0 Å². The fraction of sp³-hybridized carbons (Fsp3) is 0.857. The molecular weight excluding hydrogens is 158 g/mol. The molecule has 0 spiro atoms. The van der Waals surface area contributed by atoms with Gasteiger partial charge >= 0.3 is 0 Å². The summed E-state index contributed by atoms with van der Waals surface area (Å²) in [4.78, 5) is 2.36. The predicted octanol–water partition coefficient (Wildman–Crippen LogP) is 0.640. The third-order valence-electron chi connectivity index (χ3n) is 2.09. The molecule has 2 aliphatic rings. The Kier molecular flexibility index (Phi) is 1.81. The maximum Gasteiger partial charge on any atom is 0.111 e. The first-order chi connectivity index (χ1) is 5.25. The zero-order valence-corrected chi connectivity index (χ0v) is 7.77. The molecule has 0 radical (unpaired) electrons. The summed E-state index contributed by atoms with van der Waals surface area (Å²) in [5.74, 6) is 0. The van der Waals surface area contributed by atoms with Crippen molar-refractivity contribution >= 4 is 16.8 Å². The number of thioether (sulfide) groups is 1. The van der Waals surface area contributed by atoms with E-state index in [1.165, 1.54) is 5.04 Å². The highest BCUT2D eigenvalue weighted by Gasteiger charge is 2.29. The van der Waals surface area contributed by atoms with Crippen molar-refractivity contribution in [2.24, 2.45) is 5.10 Å². The van der Waals surface area contributed by atoms with Gasteiger partial charge < -0.3 is 4.90 Å². The number of piperazine rings is 1. The third-order valence-corrected chi connectivity index (χ3v) is 3.17. The van der Waals surface area contributed by atoms with Crippen molar-refractivity contribution in [1.82, 2.24) is 9.91 Å². The molecule has 0 aliphatic carbocycles. The van der Waals surface area contributed by atoms with Crippen LogP contribution in [0.1, 0.15) is 6.92 Å². The van der Waals surface area contributed by atoms with Crippen LogP contribution in [0.5, 0.6) is 0 Å². The average molecular weight is 171 g/mol. The van der Waals surface area contributed by atoms with Crippen LogP contribution in [0.3, 0.4) is 0 Å². The molecule has 1 saturated heterocycles. The Morgan fingerprint density at radius 1 is 1.55 bits per heavy atom. The molecule has 11 heavy (non-hydrogen) atoms. The van der Waals surface area contributed by atoms with E-state index in [0.29, 0.717) is 5.37 Å². The van der Waals surface area contributed by atoms with Gasteiger partial charge in [0.05, 0.1) is 11.6 Å². The normalized spacial score (nSPS) is 32.0. The fourth-order valence-corrected chi connectivity index (χ4v) is 2.63. The Morgan fingerprint density at radius 3 is 3.18 bits per heavy atom. The predicted molar refractivity (Wildman–Crippen MR) is 48.7 cm³/mol. The van der Waals surface area contributed by atoms with Crippen molar-refractivity contribution in [1.29, 1.82) is 0 Å². The lowest BCUT2D eigenvalue weighted by atomic mass is 10.4. The summed E-state index contributed by atoms with van der Waals surface area (Å²) in [6, 6.07) is 0. The van der Waals surface area contributed by atoms with E-state index in [0.717, 1.165) is 19.6 Å². The highest BCUT2D eigenvalue weighted by Crippen LogP contribution is 2.27. The molecule has 1 unspecified atom stereocenters. The second kappa shape index (κ2) is 2.68. The molecule has 62 valence electrons. The van der Waals surface area contributed by atoms with E-state index in [2.05, 4.69) is 29.0 Å². The lowest BCUT2D eigenvalue weighted by molar-refractivity contribution is 0.145. The van der Waals surface area contributed by atoms with Crippen LogP contribution in [0.2, 0.25) is 0 Å². The second-order valence-corrected chi connectivity index (χ2v) is 4.49. The molecule has 2 heterocycles. The molecule has 2 rings (SSSR count). The molecule has 2 aliphatic heterocycles. The van der Waals surface area contributed by atoms with Crippen molar-refractivity contribution in [2.45, 2.75) is 12.3 Å². The summed E-state index contributed by atoms with van der Waals surface area (Å²) in [5, 5.41) is 8.44. The quantitative estimate of drug-likeness (QED) is 0.533. The van der Waals surface area contributed by atoms with Gasteiger partial charge in [-0.2, -0.15) is 5.10 Å². The fourth-order valence-electron chi connectivity index (χ4n) is 1.48. The minimum Gasteiger partial charge on any atom is -0.302 e. The summed E-state index contributed by atoms with van der Waals surface area (Å²) in [6.45, 7) is 5.47. The van der Waals surface area contributed by atoms with E-state index >= 15 is 0 Å². The molecule has 1 fully saturated rings. The minimum atomic E-state index is 0.591. The van der Waals surface area contributed by atoms with E-state index in [1.807, 2.05) is 11.8 Å². The van der Waals surface area contributed by atoms with Gasteiger partial charge in [0.1, 0.15) is 5.37 Å². The summed E-state index contributed by atoms with van der Waals surface area (Å²) >= 11 is 1.89. The van der Waals surface area contributed by atoms with Gasteiger partial charge in [-0.25, -0.2) is 0 Å². The van der Waals surface area contributed by atoms with Crippen LogP contribution in [0, 0.1) is 0 Å². The van der Waals surface area contributed by atoms with E-state index in [4.69, 9.17) is 0 Å². The molecule has 4 heteroatoms. The number of rotatable bonds is 0. The van der Waals surface area contributed by atoms with Gasteiger partial charge in [0.15, 0.2) is 0 Å². The Labute approximate surface area is 71.4 Å². The number of nitrogens with zero attached hydrogens (tertiary/aromatic N) is 3. The highest BCUT2D eigenvalue weighted by molar-refractivity contribution is 8.14. The first-order valence-corrected chi connectivity index (χ1v) is 4.81. The van der Waals surface area contributed by atoms with E-state index in [-0.39, 0.29) is 0 Å². The van der Waals surface area contributed by atoms with Crippen molar-refractivity contribution in [2.75, 3.05) is 26.7 Å². The van der Waals surface area contributed by atoms with Gasteiger partial charge in [-0.3, -0.25) is 5.01 Å². The average Bonchev–Trinajstić information content (AvgIpc) is 2.27. The molecular formula is C7H13N3S. The number of likely N-dealkylation sites (N-methyl/N-ethyl adjacent to an activating group) is 1. The van der Waals surface area contributed by atoms with Crippen LogP contribution >= 0.6 is 11.8 Å². The largest absolute Gasteiger partial charge is 0.302 e. The van der Waals surface area contributed by atoms with Gasteiger partial charge in [0, 0.05) is 13.1 Å². The van der Waals surface area contributed by atoms with Gasteiger partial charge in [0.2, 0.25) is 0 Å². The second-order valence-electron chi connectivity index (χ2n) is 3.12. The van der Waals surface area contributed by atoms with Crippen LogP contribution in [0.25, 0.3) is 0 Å². The Hall–Kier alpha value is -0.220. The maximum absolute atomic E-state index is 4.43. The third kappa shape index (κ3) is 1.37. The lowest BCUT2D eigenvalue weighted by Crippen LogP contribution is -2.45. The molecule has 0 bridgehead atoms. The number of hydrogen-bond acceptors (Lipinski definition) is 4. The van der Waals surface area contributed by atoms with Crippen LogP contribution in [-0.2, 0) is 0 Å². The van der Waals surface area contributed by atoms with Gasteiger partial charge in [-0.05, 0) is 14.0 Å². The molecule has 0 aromatic heterocycles. The van der Waals surface area contributed by atoms with Crippen molar-refractivity contribution in [3.8, 4) is 0 Å². The van der Waals surface area contributed by atoms with Gasteiger partial charge in [-0.1, -0.05) is 11.8 Å². The Balaban J connectivity index is 2.03. The monoisotopic (exact) mass is 171 g/mol. The molecule has 0 aromatic carbocycles. The van der Waals surface area contributed by atoms with E-state index in [1.54, 1.807) is 0 Å². The smallest absolute Gasteiger partial charge is 0.111 e. The van der Waals surface area contributed by atoms with Crippen molar-refractivity contribution in [3.05, 3.63) is 0 Å². The van der Waals surface area contributed by atoms with Crippen molar-refractivity contribution < 1.29 is 0 Å². The first-order valence-electron chi connectivity index (χ1n) is 3.93. The Bertz CT molecular complexity index is 192. The van der Waals surface area contributed by atoms with Crippen LogP contribution in [0.15, 0.2) is 5.10 Å². The highest BCUT2D eigenvalue weighted by atomic mass is 32.2. The summed E-state index contributed by atoms with van der Waals surface area (Å²) in [7, 11) is 2.17. The van der Waals surface area contributed by atoms with Crippen LogP contribution in [-0.4, -0.2) is 47.0 Å². The number of fused-ring (bicyclic) bond motifs is 1. The number of hydrogen-bond donors (Lipinski definition) is 0. The topological polar surface area (TPSA) is 18.8 Å². The van der Waals surface area contributed by atoms with Gasteiger partial charge in [0.25, 0.3) is 0 Å². The number of hydrazone groups is 1. The molecule has 0 N–H and O–H groups in total. The summed E-state index contributed by atoms with van der Waals surface area (Å²) < 4.78 is 0. The minimum absolute atomic E-state index is 0.591. The van der Waals surface area contributed by atoms with Crippen LogP contribution in [0.4, 0.5) is 0 Å². The summed E-state index contributed by atoms with van der Waals surface area (Å²) in [5.41, 5.74) is 0. The molecule has 0 saturated carbocycles.